The van der Waals surface area contributed by atoms with Gasteiger partial charge in [0.25, 0.3) is 5.91 Å². The SMILES string of the molecule is CCc1nccn1C(=O)c1ccc(-c2cn[nH]c2)cc1. The minimum atomic E-state index is -0.0573. The molecule has 2 aromatic heterocycles. The Morgan fingerprint density at radius 1 is 1.25 bits per heavy atom. The van der Waals surface area contributed by atoms with Gasteiger partial charge in [-0.1, -0.05) is 19.1 Å². The fraction of sp³-hybridized carbons (Fsp3) is 0.133. The maximum atomic E-state index is 12.4. The van der Waals surface area contributed by atoms with Crippen LogP contribution >= 0.6 is 0 Å². The van der Waals surface area contributed by atoms with Crippen molar-refractivity contribution < 1.29 is 4.79 Å². The maximum absolute atomic E-state index is 12.4. The second-order valence-electron chi connectivity index (χ2n) is 4.44. The van der Waals surface area contributed by atoms with Crippen LogP contribution in [0.1, 0.15) is 23.1 Å². The quantitative estimate of drug-likeness (QED) is 0.792. The minimum Gasteiger partial charge on any atom is -0.285 e. The highest BCUT2D eigenvalue weighted by atomic mass is 16.2. The molecule has 1 aromatic carbocycles. The first-order valence-corrected chi connectivity index (χ1v) is 6.45. The number of carbonyl (C=O) groups excluding carboxylic acids is 1. The average molecular weight is 266 g/mol. The minimum absolute atomic E-state index is 0.0573. The van der Waals surface area contributed by atoms with E-state index in [-0.39, 0.29) is 5.91 Å². The van der Waals surface area contributed by atoms with Crippen LogP contribution in [-0.2, 0) is 6.42 Å². The Balaban J connectivity index is 1.90. The van der Waals surface area contributed by atoms with Gasteiger partial charge in [0.15, 0.2) is 0 Å². The van der Waals surface area contributed by atoms with E-state index in [1.54, 1.807) is 23.2 Å². The van der Waals surface area contributed by atoms with Gasteiger partial charge in [0, 0.05) is 36.1 Å². The van der Waals surface area contributed by atoms with Crippen molar-refractivity contribution in [1.29, 1.82) is 0 Å². The van der Waals surface area contributed by atoms with Crippen LogP contribution in [0.15, 0.2) is 49.1 Å². The summed E-state index contributed by atoms with van der Waals surface area (Å²) in [5.41, 5.74) is 2.67. The van der Waals surface area contributed by atoms with Crippen LogP contribution in [-0.4, -0.2) is 25.7 Å². The summed E-state index contributed by atoms with van der Waals surface area (Å²) in [7, 11) is 0. The number of hydrogen-bond acceptors (Lipinski definition) is 3. The van der Waals surface area contributed by atoms with Gasteiger partial charge in [0.1, 0.15) is 5.82 Å². The lowest BCUT2D eigenvalue weighted by Gasteiger charge is -2.05. The van der Waals surface area contributed by atoms with Crippen LogP contribution in [0.4, 0.5) is 0 Å². The van der Waals surface area contributed by atoms with E-state index in [2.05, 4.69) is 15.2 Å². The van der Waals surface area contributed by atoms with Gasteiger partial charge < -0.3 is 0 Å². The molecule has 3 rings (SSSR count). The lowest BCUT2D eigenvalue weighted by molar-refractivity contribution is 0.0956. The van der Waals surface area contributed by atoms with Gasteiger partial charge in [-0.25, -0.2) is 4.98 Å². The monoisotopic (exact) mass is 266 g/mol. The molecule has 0 unspecified atom stereocenters. The fourth-order valence-corrected chi connectivity index (χ4v) is 2.13. The van der Waals surface area contributed by atoms with Crippen LogP contribution in [0.2, 0.25) is 0 Å². The molecule has 0 atom stereocenters. The van der Waals surface area contributed by atoms with Crippen molar-refractivity contribution in [3.8, 4) is 11.1 Å². The van der Waals surface area contributed by atoms with Gasteiger partial charge in [0.2, 0.25) is 0 Å². The molecule has 0 spiro atoms. The summed E-state index contributed by atoms with van der Waals surface area (Å²) < 4.78 is 1.59. The number of aryl methyl sites for hydroxylation is 1. The molecule has 20 heavy (non-hydrogen) atoms. The molecular weight excluding hydrogens is 252 g/mol. The molecule has 0 saturated carbocycles. The number of imidazole rings is 1. The Bertz CT molecular complexity index is 711. The highest BCUT2D eigenvalue weighted by Gasteiger charge is 2.12. The standard InChI is InChI=1S/C15H14N4O/c1-2-14-16-7-8-19(14)15(20)12-5-3-11(4-6-12)13-9-17-18-10-13/h3-10H,2H2,1H3,(H,17,18). The zero-order valence-electron chi connectivity index (χ0n) is 11.1. The third kappa shape index (κ3) is 2.14. The molecule has 0 bridgehead atoms. The molecule has 100 valence electrons. The van der Waals surface area contributed by atoms with Crippen LogP contribution in [0.3, 0.4) is 0 Å². The zero-order chi connectivity index (χ0) is 13.9. The maximum Gasteiger partial charge on any atom is 0.263 e. The molecule has 0 amide bonds. The Morgan fingerprint density at radius 2 is 2.05 bits per heavy atom. The number of aromatic nitrogens is 4. The number of H-pyrrole nitrogens is 1. The molecule has 3 aromatic rings. The zero-order valence-corrected chi connectivity index (χ0v) is 11.1. The van der Waals surface area contributed by atoms with Gasteiger partial charge in [-0.05, 0) is 17.7 Å². The molecule has 0 fully saturated rings. The van der Waals surface area contributed by atoms with Gasteiger partial charge in [-0.3, -0.25) is 14.5 Å². The highest BCUT2D eigenvalue weighted by Crippen LogP contribution is 2.18. The molecular formula is C15H14N4O. The summed E-state index contributed by atoms with van der Waals surface area (Å²) in [6.07, 6.45) is 7.65. The van der Waals surface area contributed by atoms with Gasteiger partial charge in [-0.15, -0.1) is 0 Å². The van der Waals surface area contributed by atoms with Crippen molar-refractivity contribution >= 4 is 5.91 Å². The second kappa shape index (κ2) is 5.13. The molecule has 5 nitrogen and oxygen atoms in total. The van der Waals surface area contributed by atoms with Gasteiger partial charge in [-0.2, -0.15) is 5.10 Å². The van der Waals surface area contributed by atoms with Crippen molar-refractivity contribution in [2.24, 2.45) is 0 Å². The highest BCUT2D eigenvalue weighted by molar-refractivity contribution is 5.96. The number of rotatable bonds is 3. The number of benzene rings is 1. The molecule has 0 saturated heterocycles. The van der Waals surface area contributed by atoms with E-state index < -0.39 is 0 Å². The van der Waals surface area contributed by atoms with E-state index in [0.717, 1.165) is 23.4 Å². The van der Waals surface area contributed by atoms with Crippen LogP contribution in [0, 0.1) is 0 Å². The second-order valence-corrected chi connectivity index (χ2v) is 4.44. The van der Waals surface area contributed by atoms with Crippen molar-refractivity contribution in [3.63, 3.8) is 0 Å². The van der Waals surface area contributed by atoms with Crippen molar-refractivity contribution in [3.05, 3.63) is 60.4 Å². The predicted molar refractivity (Wildman–Crippen MR) is 75.4 cm³/mol. The van der Waals surface area contributed by atoms with E-state index in [0.29, 0.717) is 5.56 Å². The van der Waals surface area contributed by atoms with Crippen LogP contribution < -0.4 is 0 Å². The Labute approximate surface area is 116 Å². The summed E-state index contributed by atoms with van der Waals surface area (Å²) in [4.78, 5) is 16.6. The molecule has 5 heteroatoms. The average Bonchev–Trinajstić information content (AvgIpc) is 3.17. The first-order chi connectivity index (χ1) is 9.79. The normalized spacial score (nSPS) is 10.7. The molecule has 1 N–H and O–H groups in total. The van der Waals surface area contributed by atoms with E-state index in [1.807, 2.05) is 37.4 Å². The third-order valence-corrected chi connectivity index (χ3v) is 3.22. The van der Waals surface area contributed by atoms with Gasteiger partial charge >= 0.3 is 0 Å². The van der Waals surface area contributed by atoms with Crippen molar-refractivity contribution in [1.82, 2.24) is 19.7 Å². The summed E-state index contributed by atoms with van der Waals surface area (Å²) in [5, 5.41) is 6.69. The fourth-order valence-electron chi connectivity index (χ4n) is 2.13. The summed E-state index contributed by atoms with van der Waals surface area (Å²) in [6.45, 7) is 1.98. The lowest BCUT2D eigenvalue weighted by Crippen LogP contribution is -2.14. The van der Waals surface area contributed by atoms with Crippen LogP contribution in [0.25, 0.3) is 11.1 Å². The topological polar surface area (TPSA) is 63.6 Å². The number of nitrogens with one attached hydrogen (secondary N) is 1. The first kappa shape index (κ1) is 12.3. The number of nitrogens with zero attached hydrogens (tertiary/aromatic N) is 3. The Kier molecular flexibility index (Phi) is 3.16. The summed E-state index contributed by atoms with van der Waals surface area (Å²) in [6, 6.07) is 7.48. The summed E-state index contributed by atoms with van der Waals surface area (Å²) in [5.74, 6) is 0.715. The molecule has 0 aliphatic carbocycles. The Hall–Kier alpha value is -2.69. The lowest BCUT2D eigenvalue weighted by atomic mass is 10.1. The first-order valence-electron chi connectivity index (χ1n) is 6.45. The van der Waals surface area contributed by atoms with E-state index in [1.165, 1.54) is 0 Å². The summed E-state index contributed by atoms with van der Waals surface area (Å²) >= 11 is 0. The smallest absolute Gasteiger partial charge is 0.263 e. The van der Waals surface area contributed by atoms with Gasteiger partial charge in [0.05, 0.1) is 6.20 Å². The molecule has 0 aliphatic rings. The van der Waals surface area contributed by atoms with Crippen LogP contribution in [0.5, 0.6) is 0 Å². The van der Waals surface area contributed by atoms with E-state index in [9.17, 15) is 4.79 Å². The third-order valence-electron chi connectivity index (χ3n) is 3.22. The van der Waals surface area contributed by atoms with E-state index in [4.69, 9.17) is 0 Å². The predicted octanol–water partition coefficient (Wildman–Crippen LogP) is 2.52. The van der Waals surface area contributed by atoms with E-state index >= 15 is 0 Å². The number of aromatic amines is 1. The molecule has 0 aliphatic heterocycles. The molecule has 2 heterocycles. The number of hydrogen-bond donors (Lipinski definition) is 1. The largest absolute Gasteiger partial charge is 0.285 e. The number of carbonyl (C=O) groups is 1. The molecule has 0 radical (unpaired) electrons. The Morgan fingerprint density at radius 3 is 2.70 bits per heavy atom. The van der Waals surface area contributed by atoms with Crippen molar-refractivity contribution in [2.45, 2.75) is 13.3 Å². The van der Waals surface area contributed by atoms with Crippen molar-refractivity contribution in [2.75, 3.05) is 0 Å².